The van der Waals surface area contributed by atoms with Crippen LogP contribution in [-0.2, 0) is 19.3 Å². The lowest BCUT2D eigenvalue weighted by atomic mass is 9.69. The summed E-state index contributed by atoms with van der Waals surface area (Å²) in [7, 11) is 0. The average Bonchev–Trinajstić information content (AvgIpc) is 3.30. The summed E-state index contributed by atoms with van der Waals surface area (Å²) in [6, 6.07) is 17.9. The van der Waals surface area contributed by atoms with Crippen LogP contribution in [0.3, 0.4) is 0 Å². The fourth-order valence-electron chi connectivity index (χ4n) is 5.70. The van der Waals surface area contributed by atoms with Crippen LogP contribution < -0.4 is 11.1 Å². The minimum Gasteiger partial charge on any atom is -0.365 e. The number of carbonyl (C=O) groups excluding carboxylic acids is 2. The van der Waals surface area contributed by atoms with E-state index in [9.17, 15) is 9.59 Å². The highest BCUT2D eigenvalue weighted by Crippen LogP contribution is 2.45. The zero-order valence-electron chi connectivity index (χ0n) is 23.3. The third kappa shape index (κ3) is 5.35. The second-order valence-electron chi connectivity index (χ2n) is 11.3. The van der Waals surface area contributed by atoms with Gasteiger partial charge in [-0.25, -0.2) is 4.98 Å². The van der Waals surface area contributed by atoms with Gasteiger partial charge >= 0.3 is 0 Å². The Morgan fingerprint density at radius 1 is 1.10 bits per heavy atom. The lowest BCUT2D eigenvalue weighted by molar-refractivity contribution is 0.0999. The van der Waals surface area contributed by atoms with Crippen LogP contribution in [0.5, 0.6) is 0 Å². The summed E-state index contributed by atoms with van der Waals surface area (Å²) in [5, 5.41) is 4.41. The third-order valence-electron chi connectivity index (χ3n) is 8.50. The predicted molar refractivity (Wildman–Crippen MR) is 162 cm³/mol. The van der Waals surface area contributed by atoms with Crippen molar-refractivity contribution in [1.29, 1.82) is 0 Å². The highest BCUT2D eigenvalue weighted by Gasteiger charge is 2.35. The molecule has 5 nitrogen and oxygen atoms in total. The third-order valence-corrected chi connectivity index (χ3v) is 9.67. The maximum atomic E-state index is 13.8. The number of pyridine rings is 1. The number of hydrogen-bond donors (Lipinski definition) is 2. The van der Waals surface area contributed by atoms with Gasteiger partial charge in [-0.2, -0.15) is 0 Å². The number of nitrogens with one attached hydrogen (secondary N) is 1. The fourth-order valence-corrected chi connectivity index (χ4v) is 7.03. The smallest absolute Gasteiger partial charge is 0.257 e. The van der Waals surface area contributed by atoms with E-state index in [0.29, 0.717) is 22.0 Å². The average molecular weight is 540 g/mol. The van der Waals surface area contributed by atoms with Crippen LogP contribution in [0.2, 0.25) is 0 Å². The Morgan fingerprint density at radius 3 is 2.54 bits per heavy atom. The first-order valence-electron chi connectivity index (χ1n) is 14.0. The molecule has 0 unspecified atom stereocenters. The number of amides is 2. The first kappa shape index (κ1) is 27.1. The number of carbonyl (C=O) groups is 2. The Morgan fingerprint density at radius 2 is 1.85 bits per heavy atom. The first-order chi connectivity index (χ1) is 18.7. The topological polar surface area (TPSA) is 85.1 Å². The molecule has 2 amide bonds. The lowest BCUT2D eigenvalue weighted by Gasteiger charge is -2.36. The van der Waals surface area contributed by atoms with Gasteiger partial charge in [0, 0.05) is 15.8 Å². The summed E-state index contributed by atoms with van der Waals surface area (Å²) < 4.78 is 0. The Balaban J connectivity index is 1.51. The van der Waals surface area contributed by atoms with E-state index < -0.39 is 5.91 Å². The quantitative estimate of drug-likeness (QED) is 0.239. The molecule has 202 valence electrons. The second-order valence-corrected chi connectivity index (χ2v) is 12.4. The van der Waals surface area contributed by atoms with Crippen molar-refractivity contribution >= 4 is 39.1 Å². The van der Waals surface area contributed by atoms with Crippen molar-refractivity contribution < 1.29 is 9.59 Å². The molecule has 2 aromatic carbocycles. The normalized spacial score (nSPS) is 15.2. The summed E-state index contributed by atoms with van der Waals surface area (Å²) in [5.41, 5.74) is 11.8. The highest BCUT2D eigenvalue weighted by atomic mass is 32.1. The SMILES string of the molecule is CCCc1ccc(-c2cc(C(=O)Nc3sc4c(c3C(N)=O)CC[C@H](C(C)(C)CC)C4)c3ccccc3n2)cc1. The number of anilines is 1. The standard InChI is InChI=1S/C33H37N3O2S/c1-5-9-20-12-14-21(15-13-20)27-19-25(23-10-7-8-11-26(23)35-27)31(38)36-32-29(30(34)37)24-17-16-22(18-28(24)39-32)33(3,4)6-2/h7-8,10-15,19,22H,5-6,9,16-18H2,1-4H3,(H2,34,37)(H,36,38)/t22-/m0/s1. The molecule has 1 aliphatic carbocycles. The summed E-state index contributed by atoms with van der Waals surface area (Å²) >= 11 is 1.51. The van der Waals surface area contributed by atoms with Gasteiger partial charge in [-0.05, 0) is 60.3 Å². The van der Waals surface area contributed by atoms with Crippen molar-refractivity contribution in [2.45, 2.75) is 66.2 Å². The largest absolute Gasteiger partial charge is 0.365 e. The van der Waals surface area contributed by atoms with E-state index in [1.165, 1.54) is 21.8 Å². The molecule has 0 spiro atoms. The van der Waals surface area contributed by atoms with E-state index in [0.717, 1.165) is 66.2 Å². The molecule has 1 aliphatic rings. The number of primary amides is 1. The van der Waals surface area contributed by atoms with E-state index in [2.05, 4.69) is 57.3 Å². The number of benzene rings is 2. The van der Waals surface area contributed by atoms with Gasteiger partial charge in [0.05, 0.1) is 22.3 Å². The molecule has 4 aromatic rings. The zero-order valence-corrected chi connectivity index (χ0v) is 24.1. The Bertz CT molecular complexity index is 1530. The Labute approximate surface area is 234 Å². The van der Waals surface area contributed by atoms with E-state index in [1.807, 2.05) is 30.3 Å². The van der Waals surface area contributed by atoms with Crippen molar-refractivity contribution in [3.05, 3.63) is 81.7 Å². The van der Waals surface area contributed by atoms with Crippen LogP contribution in [0.25, 0.3) is 22.2 Å². The number of nitrogens with zero attached hydrogens (tertiary/aromatic N) is 1. The van der Waals surface area contributed by atoms with Gasteiger partial charge in [0.2, 0.25) is 0 Å². The van der Waals surface area contributed by atoms with Crippen molar-refractivity contribution in [2.75, 3.05) is 5.32 Å². The maximum absolute atomic E-state index is 13.8. The van der Waals surface area contributed by atoms with E-state index in [4.69, 9.17) is 10.7 Å². The van der Waals surface area contributed by atoms with Gasteiger partial charge in [-0.15, -0.1) is 11.3 Å². The van der Waals surface area contributed by atoms with Crippen molar-refractivity contribution in [2.24, 2.45) is 17.1 Å². The molecule has 0 bridgehead atoms. The van der Waals surface area contributed by atoms with Crippen LogP contribution in [0.1, 0.15) is 83.7 Å². The summed E-state index contributed by atoms with van der Waals surface area (Å²) in [6.45, 7) is 9.04. The van der Waals surface area contributed by atoms with Crippen LogP contribution in [-0.4, -0.2) is 16.8 Å². The molecular formula is C33H37N3O2S. The number of rotatable bonds is 8. The van der Waals surface area contributed by atoms with E-state index in [1.54, 1.807) is 0 Å². The van der Waals surface area contributed by atoms with Gasteiger partial charge < -0.3 is 11.1 Å². The lowest BCUT2D eigenvalue weighted by Crippen LogP contribution is -2.29. The van der Waals surface area contributed by atoms with E-state index in [-0.39, 0.29) is 11.3 Å². The monoisotopic (exact) mass is 539 g/mol. The summed E-state index contributed by atoms with van der Waals surface area (Å²) in [5.74, 6) is -0.208. The molecule has 2 heterocycles. The molecule has 1 atom stereocenters. The second kappa shape index (κ2) is 10.9. The first-order valence-corrected chi connectivity index (χ1v) is 14.8. The van der Waals surface area contributed by atoms with Crippen molar-refractivity contribution in [1.82, 2.24) is 4.98 Å². The number of para-hydroxylation sites is 1. The fraction of sp³-hybridized carbons (Fsp3) is 0.364. The zero-order chi connectivity index (χ0) is 27.7. The van der Waals surface area contributed by atoms with Gasteiger partial charge in [0.1, 0.15) is 5.00 Å². The van der Waals surface area contributed by atoms with Crippen LogP contribution in [0.15, 0.2) is 54.6 Å². The molecule has 0 aliphatic heterocycles. The minimum atomic E-state index is -0.483. The Kier molecular flexibility index (Phi) is 7.59. The molecule has 0 fully saturated rings. The number of thiophene rings is 1. The molecular weight excluding hydrogens is 502 g/mol. The van der Waals surface area contributed by atoms with Crippen LogP contribution in [0, 0.1) is 11.3 Å². The molecule has 5 rings (SSSR count). The van der Waals surface area contributed by atoms with E-state index >= 15 is 0 Å². The molecule has 3 N–H and O–H groups in total. The molecule has 39 heavy (non-hydrogen) atoms. The summed E-state index contributed by atoms with van der Waals surface area (Å²) in [6.07, 6.45) is 5.96. The van der Waals surface area contributed by atoms with Gasteiger partial charge in [-0.3, -0.25) is 9.59 Å². The molecule has 2 aromatic heterocycles. The summed E-state index contributed by atoms with van der Waals surface area (Å²) in [4.78, 5) is 32.5. The minimum absolute atomic E-state index is 0.221. The van der Waals surface area contributed by atoms with Crippen LogP contribution >= 0.6 is 11.3 Å². The number of fused-ring (bicyclic) bond motifs is 2. The van der Waals surface area contributed by atoms with Crippen molar-refractivity contribution in [3.63, 3.8) is 0 Å². The number of aromatic nitrogens is 1. The van der Waals surface area contributed by atoms with Crippen molar-refractivity contribution in [3.8, 4) is 11.3 Å². The number of nitrogens with two attached hydrogens (primary N) is 1. The number of aryl methyl sites for hydroxylation is 1. The molecule has 6 heteroatoms. The maximum Gasteiger partial charge on any atom is 0.257 e. The van der Waals surface area contributed by atoms with Gasteiger partial charge in [0.25, 0.3) is 11.8 Å². The molecule has 0 saturated carbocycles. The highest BCUT2D eigenvalue weighted by molar-refractivity contribution is 7.17. The molecule has 0 saturated heterocycles. The number of hydrogen-bond acceptors (Lipinski definition) is 4. The Hall–Kier alpha value is -3.51. The van der Waals surface area contributed by atoms with Gasteiger partial charge in [0.15, 0.2) is 0 Å². The predicted octanol–water partition coefficient (Wildman–Crippen LogP) is 7.81. The molecule has 0 radical (unpaired) electrons. The van der Waals surface area contributed by atoms with Gasteiger partial charge in [-0.1, -0.05) is 83.0 Å². The van der Waals surface area contributed by atoms with Crippen LogP contribution in [0.4, 0.5) is 5.00 Å².